The number of halogens is 1. The van der Waals surface area contributed by atoms with E-state index in [4.69, 9.17) is 16.6 Å². The Balaban J connectivity index is 1.64. The molecule has 0 radical (unpaired) electrons. The predicted octanol–water partition coefficient (Wildman–Crippen LogP) is 3.70. The first kappa shape index (κ1) is 19.6. The number of fused-ring (bicyclic) bond motifs is 2. The van der Waals surface area contributed by atoms with Crippen LogP contribution in [0.3, 0.4) is 0 Å². The monoisotopic (exact) mass is 421 g/mol. The average Bonchev–Trinajstić information content (AvgIpc) is 3.18. The number of rotatable bonds is 4. The molecule has 0 saturated carbocycles. The van der Waals surface area contributed by atoms with Crippen molar-refractivity contribution in [3.63, 3.8) is 0 Å². The molecule has 0 amide bonds. The molecule has 1 saturated heterocycles. The number of hydrogen-bond donors (Lipinski definition) is 2. The van der Waals surface area contributed by atoms with Crippen molar-refractivity contribution in [3.05, 3.63) is 76.3 Å². The van der Waals surface area contributed by atoms with E-state index in [0.717, 1.165) is 49.9 Å². The Morgan fingerprint density at radius 1 is 1.20 bits per heavy atom. The van der Waals surface area contributed by atoms with Gasteiger partial charge in [-0.05, 0) is 53.0 Å². The summed E-state index contributed by atoms with van der Waals surface area (Å²) in [5.74, 6) is 0. The van der Waals surface area contributed by atoms with Crippen molar-refractivity contribution in [3.8, 4) is 0 Å². The second kappa shape index (κ2) is 8.42. The molecular formula is C24H28ClN5. The molecule has 2 aromatic rings. The molecule has 3 aliphatic rings. The van der Waals surface area contributed by atoms with Crippen molar-refractivity contribution in [1.29, 1.82) is 0 Å². The summed E-state index contributed by atoms with van der Waals surface area (Å²) in [7, 11) is 0. The van der Waals surface area contributed by atoms with E-state index < -0.39 is 0 Å². The van der Waals surface area contributed by atoms with Crippen LogP contribution in [0.5, 0.6) is 0 Å². The van der Waals surface area contributed by atoms with Crippen LogP contribution in [0.25, 0.3) is 11.6 Å². The fourth-order valence-corrected chi connectivity index (χ4v) is 5.01. The normalized spacial score (nSPS) is 23.4. The van der Waals surface area contributed by atoms with Crippen LogP contribution in [-0.4, -0.2) is 53.7 Å². The number of piperazine rings is 1. The highest BCUT2D eigenvalue weighted by atomic mass is 35.5. The Kier molecular flexibility index (Phi) is 5.50. The number of benzene rings is 1. The topological polar surface area (TPSA) is 43.4 Å². The minimum Gasteiger partial charge on any atom is -0.370 e. The lowest BCUT2D eigenvalue weighted by atomic mass is 9.93. The van der Waals surface area contributed by atoms with Gasteiger partial charge in [-0.3, -0.25) is 9.88 Å². The third-order valence-corrected chi connectivity index (χ3v) is 6.56. The zero-order valence-electron chi connectivity index (χ0n) is 17.3. The molecule has 2 unspecified atom stereocenters. The summed E-state index contributed by atoms with van der Waals surface area (Å²) < 4.78 is 0. The number of hydrogen-bond acceptors (Lipinski definition) is 5. The van der Waals surface area contributed by atoms with E-state index >= 15 is 0 Å². The summed E-state index contributed by atoms with van der Waals surface area (Å²) in [6.07, 6.45) is 9.81. The Bertz CT molecular complexity index is 979. The van der Waals surface area contributed by atoms with Gasteiger partial charge >= 0.3 is 0 Å². The van der Waals surface area contributed by atoms with E-state index in [2.05, 4.69) is 57.8 Å². The lowest BCUT2D eigenvalue weighted by molar-refractivity contribution is 0.195. The molecular weight excluding hydrogens is 394 g/mol. The van der Waals surface area contributed by atoms with Crippen LogP contribution in [-0.2, 0) is 0 Å². The van der Waals surface area contributed by atoms with Crippen LogP contribution >= 0.6 is 11.6 Å². The van der Waals surface area contributed by atoms with E-state index in [1.165, 1.54) is 22.3 Å². The molecule has 2 atom stereocenters. The second-order valence-corrected chi connectivity index (χ2v) is 8.58. The molecule has 5 nitrogen and oxygen atoms in total. The van der Waals surface area contributed by atoms with Crippen LogP contribution in [0.4, 0.5) is 0 Å². The molecule has 30 heavy (non-hydrogen) atoms. The van der Waals surface area contributed by atoms with E-state index in [-0.39, 0.29) is 6.04 Å². The fraction of sp³-hybridized carbons (Fsp3) is 0.375. The maximum absolute atomic E-state index is 6.51. The first-order chi connectivity index (χ1) is 14.7. The van der Waals surface area contributed by atoms with Crippen LogP contribution < -0.4 is 10.6 Å². The molecule has 1 aliphatic carbocycles. The van der Waals surface area contributed by atoms with E-state index in [1.54, 1.807) is 0 Å². The van der Waals surface area contributed by atoms with Gasteiger partial charge < -0.3 is 15.5 Å². The van der Waals surface area contributed by atoms with Crippen molar-refractivity contribution < 1.29 is 0 Å². The lowest BCUT2D eigenvalue weighted by Crippen LogP contribution is -2.45. The number of pyridine rings is 1. The molecule has 1 aromatic carbocycles. The van der Waals surface area contributed by atoms with Gasteiger partial charge in [-0.2, -0.15) is 0 Å². The minimum atomic E-state index is 0.138. The van der Waals surface area contributed by atoms with Crippen molar-refractivity contribution in [2.24, 2.45) is 0 Å². The summed E-state index contributed by atoms with van der Waals surface area (Å²) in [4.78, 5) is 9.80. The fourth-order valence-electron chi connectivity index (χ4n) is 4.84. The van der Waals surface area contributed by atoms with Gasteiger partial charge in [0.2, 0.25) is 0 Å². The van der Waals surface area contributed by atoms with Gasteiger partial charge in [0.1, 0.15) is 0 Å². The SMILES string of the molecule is CCC1NC=CN1CC1=Cc2cccnc2C(N2CCNCC2)c2ccc(Cl)cc21. The van der Waals surface area contributed by atoms with Crippen LogP contribution in [0.2, 0.25) is 5.02 Å². The number of nitrogens with one attached hydrogen (secondary N) is 2. The first-order valence-corrected chi connectivity index (χ1v) is 11.2. The van der Waals surface area contributed by atoms with Crippen LogP contribution in [0.15, 0.2) is 48.9 Å². The van der Waals surface area contributed by atoms with Gasteiger partial charge in [-0.1, -0.05) is 30.7 Å². The molecule has 0 spiro atoms. The molecule has 0 bridgehead atoms. The highest BCUT2D eigenvalue weighted by molar-refractivity contribution is 6.30. The van der Waals surface area contributed by atoms with Gasteiger partial charge in [0.25, 0.3) is 0 Å². The Labute approximate surface area is 183 Å². The third kappa shape index (κ3) is 3.62. The molecule has 1 fully saturated rings. The molecule has 6 heteroatoms. The third-order valence-electron chi connectivity index (χ3n) is 6.33. The molecule has 2 aliphatic heterocycles. The Morgan fingerprint density at radius 2 is 2.07 bits per heavy atom. The van der Waals surface area contributed by atoms with E-state index in [9.17, 15) is 0 Å². The molecule has 3 heterocycles. The molecule has 156 valence electrons. The van der Waals surface area contributed by atoms with Crippen molar-refractivity contribution >= 4 is 23.3 Å². The summed E-state index contributed by atoms with van der Waals surface area (Å²) in [6, 6.07) is 10.7. The Morgan fingerprint density at radius 3 is 2.90 bits per heavy atom. The zero-order valence-corrected chi connectivity index (χ0v) is 18.1. The van der Waals surface area contributed by atoms with Crippen molar-refractivity contribution in [2.45, 2.75) is 25.6 Å². The Hall–Kier alpha value is -2.34. The maximum Gasteiger partial charge on any atom is 0.0982 e. The largest absolute Gasteiger partial charge is 0.370 e. The summed E-state index contributed by atoms with van der Waals surface area (Å²) >= 11 is 6.51. The summed E-state index contributed by atoms with van der Waals surface area (Å²) in [5, 5.41) is 7.70. The maximum atomic E-state index is 6.51. The van der Waals surface area contributed by atoms with Crippen LogP contribution in [0, 0.1) is 0 Å². The lowest BCUT2D eigenvalue weighted by Gasteiger charge is -2.36. The highest BCUT2D eigenvalue weighted by Gasteiger charge is 2.32. The van der Waals surface area contributed by atoms with Gasteiger partial charge in [-0.25, -0.2) is 0 Å². The minimum absolute atomic E-state index is 0.138. The van der Waals surface area contributed by atoms with Gasteiger partial charge in [0.15, 0.2) is 0 Å². The number of aromatic nitrogens is 1. The molecule has 1 aromatic heterocycles. The first-order valence-electron chi connectivity index (χ1n) is 10.8. The second-order valence-electron chi connectivity index (χ2n) is 8.15. The number of nitrogens with zero attached hydrogens (tertiary/aromatic N) is 3. The average molecular weight is 422 g/mol. The van der Waals surface area contributed by atoms with E-state index in [1.807, 2.05) is 24.5 Å². The van der Waals surface area contributed by atoms with Crippen LogP contribution in [0.1, 0.15) is 41.8 Å². The highest BCUT2D eigenvalue weighted by Crippen LogP contribution is 2.40. The van der Waals surface area contributed by atoms with Crippen molar-refractivity contribution in [1.82, 2.24) is 25.4 Å². The summed E-state index contributed by atoms with van der Waals surface area (Å²) in [6.45, 7) is 7.07. The zero-order chi connectivity index (χ0) is 20.5. The smallest absolute Gasteiger partial charge is 0.0982 e. The van der Waals surface area contributed by atoms with Gasteiger partial charge in [0, 0.05) is 56.3 Å². The molecule has 2 N–H and O–H groups in total. The van der Waals surface area contributed by atoms with E-state index in [0.29, 0.717) is 6.17 Å². The van der Waals surface area contributed by atoms with Gasteiger partial charge in [-0.15, -0.1) is 0 Å². The quantitative estimate of drug-likeness (QED) is 0.788. The predicted molar refractivity (Wildman–Crippen MR) is 123 cm³/mol. The van der Waals surface area contributed by atoms with Gasteiger partial charge in [0.05, 0.1) is 17.9 Å². The standard InChI is InChI=1S/C24H28ClN5/c1-2-22-27-10-13-30(22)16-18-14-17-4-3-7-28-23(17)24(29-11-8-26-9-12-29)20-6-5-19(25)15-21(18)20/h3-7,10,13-15,22,24,26-27H,2,8-9,11-12,16H2,1H3. The van der Waals surface area contributed by atoms with Crippen molar-refractivity contribution in [2.75, 3.05) is 32.7 Å². The molecule has 5 rings (SSSR count). The summed E-state index contributed by atoms with van der Waals surface area (Å²) in [5.41, 5.74) is 6.16.